The molecular formula is C12H14N2O2S2. The second-order valence-corrected chi connectivity index (χ2v) is 5.95. The van der Waals surface area contributed by atoms with E-state index in [9.17, 15) is 4.79 Å². The number of thiophene rings is 1. The maximum absolute atomic E-state index is 10.9. The molecule has 0 spiro atoms. The van der Waals surface area contributed by atoms with Crippen LogP contribution in [-0.2, 0) is 11.3 Å². The Kier molecular flexibility index (Phi) is 4.46. The van der Waals surface area contributed by atoms with Gasteiger partial charge in [0, 0.05) is 16.8 Å². The van der Waals surface area contributed by atoms with Crippen LogP contribution in [-0.4, -0.2) is 16.1 Å². The molecule has 0 aliphatic carbocycles. The number of rotatable bonds is 6. The third-order valence-corrected chi connectivity index (χ3v) is 4.27. The minimum absolute atomic E-state index is 0.0869. The molecule has 0 aliphatic rings. The fourth-order valence-corrected chi connectivity index (χ4v) is 3.07. The lowest BCUT2D eigenvalue weighted by Gasteiger charge is -2.14. The first-order valence-electron chi connectivity index (χ1n) is 5.54. The van der Waals surface area contributed by atoms with E-state index in [2.05, 4.69) is 10.3 Å². The number of hydrogen-bond donors (Lipinski definition) is 2. The zero-order valence-corrected chi connectivity index (χ0v) is 11.6. The van der Waals surface area contributed by atoms with E-state index in [0.29, 0.717) is 6.54 Å². The fraction of sp³-hybridized carbons (Fsp3) is 0.333. The molecule has 0 bridgehead atoms. The van der Waals surface area contributed by atoms with Crippen molar-refractivity contribution in [2.45, 2.75) is 25.9 Å². The number of carboxylic acid groups (broad SMARTS) is 1. The molecule has 2 rings (SSSR count). The lowest BCUT2D eigenvalue weighted by molar-refractivity contribution is -0.137. The highest BCUT2D eigenvalue weighted by atomic mass is 32.1. The molecule has 6 heteroatoms. The first kappa shape index (κ1) is 13.2. The summed E-state index contributed by atoms with van der Waals surface area (Å²) in [5.41, 5.74) is 0.962. The first-order chi connectivity index (χ1) is 8.65. The minimum Gasteiger partial charge on any atom is -0.481 e. The Morgan fingerprint density at radius 1 is 1.56 bits per heavy atom. The van der Waals surface area contributed by atoms with E-state index < -0.39 is 5.97 Å². The van der Waals surface area contributed by atoms with Gasteiger partial charge in [-0.1, -0.05) is 6.07 Å². The van der Waals surface area contributed by atoms with Crippen LogP contribution in [0.5, 0.6) is 0 Å². The molecular weight excluding hydrogens is 268 g/mol. The van der Waals surface area contributed by atoms with Crippen LogP contribution < -0.4 is 5.32 Å². The zero-order valence-electron chi connectivity index (χ0n) is 9.92. The van der Waals surface area contributed by atoms with Crippen molar-refractivity contribution < 1.29 is 9.90 Å². The molecule has 1 atom stereocenters. The largest absolute Gasteiger partial charge is 0.481 e. The average molecular weight is 282 g/mol. The number of thiazole rings is 1. The summed E-state index contributed by atoms with van der Waals surface area (Å²) in [6, 6.07) is 3.74. The molecule has 4 nitrogen and oxygen atoms in total. The molecule has 18 heavy (non-hydrogen) atoms. The summed E-state index contributed by atoms with van der Waals surface area (Å²) in [5, 5.41) is 17.2. The van der Waals surface area contributed by atoms with E-state index in [1.54, 1.807) is 22.7 Å². The molecule has 0 fully saturated rings. The fourth-order valence-electron chi connectivity index (χ4n) is 1.65. The minimum atomic E-state index is -0.796. The summed E-state index contributed by atoms with van der Waals surface area (Å²) >= 11 is 3.17. The predicted octanol–water partition coefficient (Wildman–Crippen LogP) is 2.82. The summed E-state index contributed by atoms with van der Waals surface area (Å²) in [6.45, 7) is 2.56. The van der Waals surface area contributed by atoms with E-state index >= 15 is 0 Å². The molecule has 0 saturated carbocycles. The van der Waals surface area contributed by atoms with Crippen LogP contribution in [0.2, 0.25) is 0 Å². The molecule has 0 amide bonds. The third-order valence-electron chi connectivity index (χ3n) is 2.46. The highest BCUT2D eigenvalue weighted by Crippen LogP contribution is 2.22. The molecule has 1 unspecified atom stereocenters. The number of nitrogens with one attached hydrogen (secondary N) is 1. The van der Waals surface area contributed by atoms with Gasteiger partial charge in [0.1, 0.15) is 0 Å². The van der Waals surface area contributed by atoms with Crippen molar-refractivity contribution in [2.75, 3.05) is 0 Å². The number of aliphatic carboxylic acids is 1. The van der Waals surface area contributed by atoms with Gasteiger partial charge in [-0.3, -0.25) is 4.79 Å². The number of carboxylic acids is 1. The molecule has 0 aliphatic heterocycles. The Bertz CT molecular complexity index is 508. The van der Waals surface area contributed by atoms with Crippen molar-refractivity contribution in [3.63, 3.8) is 0 Å². The topological polar surface area (TPSA) is 62.2 Å². The van der Waals surface area contributed by atoms with E-state index in [1.807, 2.05) is 29.8 Å². The van der Waals surface area contributed by atoms with Gasteiger partial charge in [0.15, 0.2) is 0 Å². The molecule has 2 N–H and O–H groups in total. The summed E-state index contributed by atoms with van der Waals surface area (Å²) in [6.07, 6.45) is 0.0869. The quantitative estimate of drug-likeness (QED) is 0.855. The van der Waals surface area contributed by atoms with E-state index in [1.165, 1.54) is 0 Å². The molecule has 0 radical (unpaired) electrons. The van der Waals surface area contributed by atoms with E-state index in [-0.39, 0.29) is 12.5 Å². The van der Waals surface area contributed by atoms with Gasteiger partial charge in [0.05, 0.1) is 23.2 Å². The number of nitrogens with zero attached hydrogens (tertiary/aromatic N) is 1. The molecule has 2 heterocycles. The second-order valence-electron chi connectivity index (χ2n) is 3.90. The van der Waals surface area contributed by atoms with Crippen LogP contribution in [0.3, 0.4) is 0 Å². The van der Waals surface area contributed by atoms with Gasteiger partial charge in [0.2, 0.25) is 0 Å². The molecule has 96 valence electrons. The van der Waals surface area contributed by atoms with Gasteiger partial charge in [-0.05, 0) is 18.4 Å². The van der Waals surface area contributed by atoms with Crippen molar-refractivity contribution in [1.29, 1.82) is 0 Å². The van der Waals surface area contributed by atoms with Gasteiger partial charge >= 0.3 is 5.97 Å². The predicted molar refractivity (Wildman–Crippen MR) is 73.0 cm³/mol. The first-order valence-corrected chi connectivity index (χ1v) is 7.30. The zero-order chi connectivity index (χ0) is 13.0. The van der Waals surface area contributed by atoms with Crippen molar-refractivity contribution in [3.8, 4) is 0 Å². The highest BCUT2D eigenvalue weighted by Gasteiger charge is 2.16. The van der Waals surface area contributed by atoms with Gasteiger partial charge in [-0.25, -0.2) is 4.98 Å². The Hall–Kier alpha value is -1.24. The third kappa shape index (κ3) is 3.63. The molecule has 0 aromatic carbocycles. The van der Waals surface area contributed by atoms with Crippen LogP contribution in [0.15, 0.2) is 22.9 Å². The Morgan fingerprint density at radius 2 is 2.39 bits per heavy atom. The Morgan fingerprint density at radius 3 is 2.94 bits per heavy atom. The van der Waals surface area contributed by atoms with Crippen molar-refractivity contribution in [1.82, 2.24) is 10.3 Å². The SMILES string of the molecule is Cc1nc(CNC(CC(=O)O)c2cccs2)cs1. The molecule has 2 aromatic heterocycles. The number of aromatic nitrogens is 1. The number of aryl methyl sites for hydroxylation is 1. The van der Waals surface area contributed by atoms with Crippen LogP contribution in [0, 0.1) is 6.92 Å². The van der Waals surface area contributed by atoms with Crippen LogP contribution >= 0.6 is 22.7 Å². The van der Waals surface area contributed by atoms with Gasteiger partial charge in [-0.2, -0.15) is 0 Å². The number of hydrogen-bond acceptors (Lipinski definition) is 5. The average Bonchev–Trinajstić information content (AvgIpc) is 2.94. The van der Waals surface area contributed by atoms with E-state index in [0.717, 1.165) is 15.6 Å². The maximum atomic E-state index is 10.9. The van der Waals surface area contributed by atoms with Crippen LogP contribution in [0.4, 0.5) is 0 Å². The normalized spacial score (nSPS) is 12.5. The van der Waals surface area contributed by atoms with Gasteiger partial charge in [0.25, 0.3) is 0 Å². The standard InChI is InChI=1S/C12H14N2O2S2/c1-8-14-9(7-18-8)6-13-10(5-12(15)16)11-3-2-4-17-11/h2-4,7,10,13H,5-6H2,1H3,(H,15,16). The van der Waals surface area contributed by atoms with Gasteiger partial charge < -0.3 is 10.4 Å². The Balaban J connectivity index is 1.99. The summed E-state index contributed by atoms with van der Waals surface area (Å²) in [7, 11) is 0. The van der Waals surface area contributed by atoms with Gasteiger partial charge in [-0.15, -0.1) is 22.7 Å². The summed E-state index contributed by atoms with van der Waals surface area (Å²) in [4.78, 5) is 16.3. The smallest absolute Gasteiger partial charge is 0.305 e. The lowest BCUT2D eigenvalue weighted by atomic mass is 10.1. The Labute approximate surface area is 113 Å². The van der Waals surface area contributed by atoms with Crippen LogP contribution in [0.1, 0.15) is 28.0 Å². The van der Waals surface area contributed by atoms with Crippen molar-refractivity contribution in [3.05, 3.63) is 38.5 Å². The monoisotopic (exact) mass is 282 g/mol. The molecule has 0 saturated heterocycles. The maximum Gasteiger partial charge on any atom is 0.305 e. The highest BCUT2D eigenvalue weighted by molar-refractivity contribution is 7.10. The second kappa shape index (κ2) is 6.08. The van der Waals surface area contributed by atoms with Crippen molar-refractivity contribution >= 4 is 28.6 Å². The summed E-state index contributed by atoms with van der Waals surface area (Å²) < 4.78 is 0. The van der Waals surface area contributed by atoms with E-state index in [4.69, 9.17) is 5.11 Å². The molecule has 2 aromatic rings. The lowest BCUT2D eigenvalue weighted by Crippen LogP contribution is -2.23. The number of carbonyl (C=O) groups is 1. The van der Waals surface area contributed by atoms with Crippen LogP contribution in [0.25, 0.3) is 0 Å². The summed E-state index contributed by atoms with van der Waals surface area (Å²) in [5.74, 6) is -0.796. The van der Waals surface area contributed by atoms with Crippen molar-refractivity contribution in [2.24, 2.45) is 0 Å².